The van der Waals surface area contributed by atoms with Crippen molar-refractivity contribution in [1.29, 1.82) is 0 Å². The summed E-state index contributed by atoms with van der Waals surface area (Å²) < 4.78 is 9.70. The molecule has 8 nitrogen and oxygen atoms in total. The third-order valence-electron chi connectivity index (χ3n) is 2.95. The highest BCUT2D eigenvalue weighted by molar-refractivity contribution is 7.10. The second kappa shape index (κ2) is 8.60. The number of amides is 1. The van der Waals surface area contributed by atoms with E-state index < -0.39 is 23.4 Å². The van der Waals surface area contributed by atoms with Crippen LogP contribution in [0.15, 0.2) is 41.8 Å². The molecule has 1 heterocycles. The molecule has 25 heavy (non-hydrogen) atoms. The van der Waals surface area contributed by atoms with Crippen molar-refractivity contribution in [3.05, 3.63) is 56.8 Å². The summed E-state index contributed by atoms with van der Waals surface area (Å²) in [6.07, 6.45) is 2.77. The molecular weight excluding hydrogens is 348 g/mol. The number of anilines is 1. The van der Waals surface area contributed by atoms with E-state index in [1.807, 2.05) is 17.5 Å². The van der Waals surface area contributed by atoms with Crippen LogP contribution < -0.4 is 10.1 Å². The van der Waals surface area contributed by atoms with E-state index in [9.17, 15) is 19.7 Å². The van der Waals surface area contributed by atoms with Crippen molar-refractivity contribution in [2.45, 2.75) is 0 Å². The number of thiophene rings is 1. The van der Waals surface area contributed by atoms with Gasteiger partial charge in [-0.05, 0) is 29.7 Å². The van der Waals surface area contributed by atoms with Crippen LogP contribution in [0.1, 0.15) is 4.88 Å². The van der Waals surface area contributed by atoms with Gasteiger partial charge in [-0.2, -0.15) is 0 Å². The number of carbonyl (C=O) groups excluding carboxylic acids is 2. The van der Waals surface area contributed by atoms with Crippen LogP contribution in [0.3, 0.4) is 0 Å². The van der Waals surface area contributed by atoms with E-state index in [4.69, 9.17) is 9.47 Å². The summed E-state index contributed by atoms with van der Waals surface area (Å²) in [4.78, 5) is 34.6. The van der Waals surface area contributed by atoms with Crippen molar-refractivity contribution in [3.8, 4) is 5.75 Å². The number of nitrogens with one attached hydrogen (secondary N) is 1. The molecule has 0 saturated heterocycles. The fraction of sp³-hybridized carbons (Fsp3) is 0.125. The first-order valence-electron chi connectivity index (χ1n) is 7.00. The maximum atomic E-state index is 11.8. The van der Waals surface area contributed by atoms with Crippen LogP contribution in [-0.2, 0) is 14.3 Å². The van der Waals surface area contributed by atoms with E-state index in [1.165, 1.54) is 42.7 Å². The molecule has 1 aromatic heterocycles. The topological polar surface area (TPSA) is 108 Å². The maximum absolute atomic E-state index is 11.8. The predicted molar refractivity (Wildman–Crippen MR) is 92.6 cm³/mol. The standard InChI is InChI=1S/C16H14N2O6S/c1-23-11-4-6-13(14(9-11)18(21)22)17-15(19)10-24-16(20)7-5-12-3-2-8-25-12/h2-9H,10H2,1H3,(H,17,19)/b7-5+. The van der Waals surface area contributed by atoms with Gasteiger partial charge in [-0.3, -0.25) is 14.9 Å². The van der Waals surface area contributed by atoms with Crippen LogP contribution in [-0.4, -0.2) is 30.5 Å². The molecule has 1 N–H and O–H groups in total. The van der Waals surface area contributed by atoms with Crippen LogP contribution >= 0.6 is 11.3 Å². The molecule has 2 aromatic rings. The number of hydrogen-bond acceptors (Lipinski definition) is 7. The Labute approximate surface area is 146 Å². The molecule has 130 valence electrons. The molecule has 0 fully saturated rings. The zero-order chi connectivity index (χ0) is 18.2. The molecule has 0 saturated carbocycles. The summed E-state index contributed by atoms with van der Waals surface area (Å²) in [5, 5.41) is 15.2. The van der Waals surface area contributed by atoms with E-state index in [2.05, 4.69) is 5.32 Å². The average molecular weight is 362 g/mol. The number of nitro groups is 1. The number of nitro benzene ring substituents is 1. The molecule has 0 spiro atoms. The van der Waals surface area contributed by atoms with Crippen LogP contribution in [0.4, 0.5) is 11.4 Å². The SMILES string of the molecule is COc1ccc(NC(=O)COC(=O)/C=C/c2cccs2)c([N+](=O)[O-])c1. The van der Waals surface area contributed by atoms with Gasteiger partial charge in [0.05, 0.1) is 18.1 Å². The normalized spacial score (nSPS) is 10.4. The van der Waals surface area contributed by atoms with E-state index >= 15 is 0 Å². The Kier molecular flexibility index (Phi) is 6.24. The third kappa shape index (κ3) is 5.43. The number of benzene rings is 1. The van der Waals surface area contributed by atoms with Gasteiger partial charge in [-0.25, -0.2) is 4.79 Å². The van der Waals surface area contributed by atoms with Gasteiger partial charge in [-0.1, -0.05) is 6.07 Å². The summed E-state index contributed by atoms with van der Waals surface area (Å²) >= 11 is 1.45. The molecule has 2 rings (SSSR count). The van der Waals surface area contributed by atoms with E-state index in [0.29, 0.717) is 0 Å². The first kappa shape index (κ1) is 18.1. The van der Waals surface area contributed by atoms with Gasteiger partial charge in [0.1, 0.15) is 11.4 Å². The lowest BCUT2D eigenvalue weighted by atomic mass is 10.2. The Bertz CT molecular complexity index is 801. The van der Waals surface area contributed by atoms with Crippen molar-refractivity contribution in [2.75, 3.05) is 19.0 Å². The average Bonchev–Trinajstić information content (AvgIpc) is 3.11. The Hall–Kier alpha value is -3.20. The Morgan fingerprint density at radius 3 is 2.80 bits per heavy atom. The van der Waals surface area contributed by atoms with Gasteiger partial charge >= 0.3 is 5.97 Å². The van der Waals surface area contributed by atoms with Crippen LogP contribution in [0.25, 0.3) is 6.08 Å². The lowest BCUT2D eigenvalue weighted by Crippen LogP contribution is -2.20. The summed E-state index contributed by atoms with van der Waals surface area (Å²) in [6, 6.07) is 7.66. The van der Waals surface area contributed by atoms with Crippen LogP contribution in [0.2, 0.25) is 0 Å². The highest BCUT2D eigenvalue weighted by Crippen LogP contribution is 2.28. The van der Waals surface area contributed by atoms with E-state index in [1.54, 1.807) is 6.08 Å². The van der Waals surface area contributed by atoms with Crippen molar-refractivity contribution in [1.82, 2.24) is 0 Å². The molecule has 0 atom stereocenters. The van der Waals surface area contributed by atoms with Crippen molar-refractivity contribution in [3.63, 3.8) is 0 Å². The Morgan fingerprint density at radius 1 is 1.36 bits per heavy atom. The number of ether oxygens (including phenoxy) is 2. The molecule has 9 heteroatoms. The number of esters is 1. The lowest BCUT2D eigenvalue weighted by Gasteiger charge is -2.07. The number of rotatable bonds is 7. The summed E-state index contributed by atoms with van der Waals surface area (Å²) in [5.74, 6) is -1.09. The van der Waals surface area contributed by atoms with Gasteiger partial charge in [0.25, 0.3) is 11.6 Å². The van der Waals surface area contributed by atoms with Crippen LogP contribution in [0, 0.1) is 10.1 Å². The molecule has 0 aliphatic rings. The highest BCUT2D eigenvalue weighted by Gasteiger charge is 2.17. The lowest BCUT2D eigenvalue weighted by molar-refractivity contribution is -0.384. The monoisotopic (exact) mass is 362 g/mol. The first-order chi connectivity index (χ1) is 12.0. The molecule has 0 bridgehead atoms. The minimum Gasteiger partial charge on any atom is -0.496 e. The molecule has 1 amide bonds. The first-order valence-corrected chi connectivity index (χ1v) is 7.88. The second-order valence-electron chi connectivity index (χ2n) is 4.64. The van der Waals surface area contributed by atoms with Gasteiger partial charge in [0.2, 0.25) is 0 Å². The quantitative estimate of drug-likeness (QED) is 0.351. The van der Waals surface area contributed by atoms with Gasteiger partial charge in [0.15, 0.2) is 6.61 Å². The second-order valence-corrected chi connectivity index (χ2v) is 5.62. The fourth-order valence-corrected chi connectivity index (χ4v) is 2.42. The minimum atomic E-state index is -0.689. The van der Waals surface area contributed by atoms with E-state index in [-0.39, 0.29) is 17.1 Å². The highest BCUT2D eigenvalue weighted by atomic mass is 32.1. The molecule has 0 unspecified atom stereocenters. The molecule has 0 radical (unpaired) electrons. The van der Waals surface area contributed by atoms with Gasteiger partial charge in [0, 0.05) is 11.0 Å². The number of nitrogens with zero attached hydrogens (tertiary/aromatic N) is 1. The molecular formula is C16H14N2O6S. The van der Waals surface area contributed by atoms with Gasteiger partial charge in [-0.15, -0.1) is 11.3 Å². The van der Waals surface area contributed by atoms with Crippen molar-refractivity contribution in [2.24, 2.45) is 0 Å². The van der Waals surface area contributed by atoms with Crippen molar-refractivity contribution >= 4 is 40.7 Å². The van der Waals surface area contributed by atoms with Crippen LogP contribution in [0.5, 0.6) is 5.75 Å². The number of carbonyl (C=O) groups is 2. The van der Waals surface area contributed by atoms with Crippen molar-refractivity contribution < 1.29 is 24.0 Å². The van der Waals surface area contributed by atoms with Gasteiger partial charge < -0.3 is 14.8 Å². The minimum absolute atomic E-state index is 0.0130. The summed E-state index contributed by atoms with van der Waals surface area (Å²) in [5.41, 5.74) is -0.336. The smallest absolute Gasteiger partial charge is 0.331 e. The summed E-state index contributed by atoms with van der Waals surface area (Å²) in [7, 11) is 1.38. The molecule has 0 aliphatic carbocycles. The van der Waals surface area contributed by atoms with E-state index in [0.717, 1.165) is 4.88 Å². The number of methoxy groups -OCH3 is 1. The zero-order valence-electron chi connectivity index (χ0n) is 13.1. The predicted octanol–water partition coefficient (Wildman–Crippen LogP) is 2.86. The molecule has 1 aromatic carbocycles. The largest absolute Gasteiger partial charge is 0.496 e. The Balaban J connectivity index is 1.92. The zero-order valence-corrected chi connectivity index (χ0v) is 13.9. The number of hydrogen-bond donors (Lipinski definition) is 1. The third-order valence-corrected chi connectivity index (χ3v) is 3.79. The fourth-order valence-electron chi connectivity index (χ4n) is 1.80. The molecule has 0 aliphatic heterocycles. The maximum Gasteiger partial charge on any atom is 0.331 e. The summed E-state index contributed by atoms with van der Waals surface area (Å²) in [6.45, 7) is -0.559. The Morgan fingerprint density at radius 2 is 2.16 bits per heavy atom.